The molecule has 0 atom stereocenters. The molecular formula is C17H20ClNO5. The number of benzene rings is 1. The molecule has 24 heavy (non-hydrogen) atoms. The van der Waals surface area contributed by atoms with Crippen LogP contribution < -0.4 is 5.32 Å². The number of rotatable bonds is 7. The number of hydrogen-bond donors (Lipinski definition) is 1. The van der Waals surface area contributed by atoms with Gasteiger partial charge in [-0.05, 0) is 39.8 Å². The summed E-state index contributed by atoms with van der Waals surface area (Å²) in [6, 6.07) is 4.73. The van der Waals surface area contributed by atoms with Crippen LogP contribution in [-0.2, 0) is 19.1 Å². The maximum absolute atomic E-state index is 11.9. The third kappa shape index (κ3) is 5.38. The van der Waals surface area contributed by atoms with Gasteiger partial charge in [0, 0.05) is 6.20 Å². The highest BCUT2D eigenvalue weighted by Gasteiger charge is 2.18. The molecule has 0 heterocycles. The highest BCUT2D eigenvalue weighted by molar-refractivity contribution is 6.36. The minimum absolute atomic E-state index is 0.132. The highest BCUT2D eigenvalue weighted by atomic mass is 35.5. The third-order valence-corrected chi connectivity index (χ3v) is 3.22. The molecule has 0 saturated carbocycles. The number of Topliss-reactive ketones (excluding diaryl/α,β-unsaturated/α-hetero) is 1. The Hall–Kier alpha value is -2.34. The third-order valence-electron chi connectivity index (χ3n) is 2.81. The van der Waals surface area contributed by atoms with E-state index in [1.54, 1.807) is 32.9 Å². The van der Waals surface area contributed by atoms with Crippen molar-refractivity contribution in [3.05, 3.63) is 40.6 Å². The number of esters is 2. The number of nitrogens with one attached hydrogen (secondary N) is 1. The fourth-order valence-corrected chi connectivity index (χ4v) is 2.00. The van der Waals surface area contributed by atoms with Gasteiger partial charge in [0.25, 0.3) is 0 Å². The molecule has 0 bridgehead atoms. The van der Waals surface area contributed by atoms with Crippen molar-refractivity contribution in [1.29, 1.82) is 0 Å². The van der Waals surface area contributed by atoms with E-state index in [-0.39, 0.29) is 28.9 Å². The average Bonchev–Trinajstić information content (AvgIpc) is 2.48. The second kappa shape index (κ2) is 9.08. The summed E-state index contributed by atoms with van der Waals surface area (Å²) in [5.41, 5.74) is 0.394. The molecule has 0 amide bonds. The maximum atomic E-state index is 11.9. The van der Waals surface area contributed by atoms with Gasteiger partial charge >= 0.3 is 11.9 Å². The van der Waals surface area contributed by atoms with E-state index < -0.39 is 17.7 Å². The molecule has 0 aliphatic carbocycles. The van der Waals surface area contributed by atoms with Gasteiger partial charge in [-0.25, -0.2) is 9.59 Å². The van der Waals surface area contributed by atoms with Gasteiger partial charge in [0.15, 0.2) is 5.78 Å². The molecule has 0 aliphatic heterocycles. The lowest BCUT2D eigenvalue weighted by Crippen LogP contribution is -2.18. The van der Waals surface area contributed by atoms with Crippen LogP contribution in [0.2, 0.25) is 5.02 Å². The predicted octanol–water partition coefficient (Wildman–Crippen LogP) is 3.35. The Kier molecular flexibility index (Phi) is 7.45. The van der Waals surface area contributed by atoms with Crippen molar-refractivity contribution in [2.24, 2.45) is 0 Å². The Balaban J connectivity index is 3.06. The lowest BCUT2D eigenvalue weighted by Gasteiger charge is -2.11. The smallest absolute Gasteiger partial charge is 0.343 e. The molecule has 1 aromatic carbocycles. The molecule has 130 valence electrons. The lowest BCUT2D eigenvalue weighted by molar-refractivity contribution is -0.143. The number of hydrogen-bond acceptors (Lipinski definition) is 6. The first-order valence-electron chi connectivity index (χ1n) is 7.42. The van der Waals surface area contributed by atoms with Gasteiger partial charge in [0.05, 0.1) is 29.0 Å². The molecule has 0 aliphatic rings. The topological polar surface area (TPSA) is 81.7 Å². The number of ketones is 1. The van der Waals surface area contributed by atoms with E-state index in [2.05, 4.69) is 5.32 Å². The van der Waals surface area contributed by atoms with Crippen LogP contribution in [0, 0.1) is 0 Å². The summed E-state index contributed by atoms with van der Waals surface area (Å²) in [6.45, 7) is 6.54. The summed E-state index contributed by atoms with van der Waals surface area (Å²) in [4.78, 5) is 35.3. The second-order valence-corrected chi connectivity index (χ2v) is 5.48. The van der Waals surface area contributed by atoms with E-state index in [1.165, 1.54) is 19.2 Å². The predicted molar refractivity (Wildman–Crippen MR) is 91.0 cm³/mol. The molecule has 1 rings (SSSR count). The minimum Gasteiger partial charge on any atom is -0.462 e. The SMILES string of the molecule is CCOC(=O)c1cccc(NC=C(C(C)=O)C(=O)OC(C)C)c1Cl. The molecule has 7 heteroatoms. The summed E-state index contributed by atoms with van der Waals surface area (Å²) in [7, 11) is 0. The molecular weight excluding hydrogens is 334 g/mol. The molecule has 1 aromatic rings. The van der Waals surface area contributed by atoms with E-state index in [0.29, 0.717) is 5.69 Å². The van der Waals surface area contributed by atoms with E-state index in [9.17, 15) is 14.4 Å². The number of anilines is 1. The van der Waals surface area contributed by atoms with E-state index in [1.807, 2.05) is 0 Å². The van der Waals surface area contributed by atoms with Crippen molar-refractivity contribution >= 4 is 35.0 Å². The van der Waals surface area contributed by atoms with Crippen molar-refractivity contribution < 1.29 is 23.9 Å². The zero-order chi connectivity index (χ0) is 18.3. The quantitative estimate of drug-likeness (QED) is 0.350. The first-order chi connectivity index (χ1) is 11.3. The Morgan fingerprint density at radius 2 is 1.96 bits per heavy atom. The first-order valence-corrected chi connectivity index (χ1v) is 7.80. The van der Waals surface area contributed by atoms with Crippen molar-refractivity contribution in [3.8, 4) is 0 Å². The fraction of sp³-hybridized carbons (Fsp3) is 0.353. The number of ether oxygens (including phenoxy) is 2. The van der Waals surface area contributed by atoms with Crippen LogP contribution in [0.15, 0.2) is 30.0 Å². The van der Waals surface area contributed by atoms with Crippen molar-refractivity contribution in [2.75, 3.05) is 11.9 Å². The molecule has 0 unspecified atom stereocenters. The van der Waals surface area contributed by atoms with Crippen LogP contribution in [-0.4, -0.2) is 30.4 Å². The van der Waals surface area contributed by atoms with E-state index >= 15 is 0 Å². The molecule has 0 saturated heterocycles. The number of halogens is 1. The van der Waals surface area contributed by atoms with Crippen LogP contribution >= 0.6 is 11.6 Å². The monoisotopic (exact) mass is 353 g/mol. The fourth-order valence-electron chi connectivity index (χ4n) is 1.74. The summed E-state index contributed by atoms with van der Waals surface area (Å²) in [5, 5.41) is 2.89. The van der Waals surface area contributed by atoms with Gasteiger partial charge in [-0.15, -0.1) is 0 Å². The van der Waals surface area contributed by atoms with E-state index in [0.717, 1.165) is 0 Å². The maximum Gasteiger partial charge on any atom is 0.343 e. The zero-order valence-corrected chi connectivity index (χ0v) is 14.8. The van der Waals surface area contributed by atoms with Crippen LogP contribution in [0.5, 0.6) is 0 Å². The highest BCUT2D eigenvalue weighted by Crippen LogP contribution is 2.27. The van der Waals surface area contributed by atoms with Gasteiger partial charge in [-0.3, -0.25) is 4.79 Å². The zero-order valence-electron chi connectivity index (χ0n) is 14.0. The Labute approximate surface area is 145 Å². The Bertz CT molecular complexity index is 667. The Morgan fingerprint density at radius 3 is 2.50 bits per heavy atom. The summed E-state index contributed by atoms with van der Waals surface area (Å²) in [6.07, 6.45) is 0.861. The Morgan fingerprint density at radius 1 is 1.29 bits per heavy atom. The summed E-state index contributed by atoms with van der Waals surface area (Å²) >= 11 is 6.17. The van der Waals surface area contributed by atoms with Crippen molar-refractivity contribution in [2.45, 2.75) is 33.8 Å². The molecule has 0 fully saturated rings. The van der Waals surface area contributed by atoms with Crippen LogP contribution in [0.1, 0.15) is 38.1 Å². The molecule has 0 radical (unpaired) electrons. The normalized spacial score (nSPS) is 11.2. The summed E-state index contributed by atoms with van der Waals surface area (Å²) in [5.74, 6) is -1.74. The van der Waals surface area contributed by atoms with Gasteiger partial charge in [0.1, 0.15) is 5.57 Å². The molecule has 1 N–H and O–H groups in total. The molecule has 6 nitrogen and oxygen atoms in total. The standard InChI is InChI=1S/C17H20ClNO5/c1-5-23-16(21)12-7-6-8-14(15(12)18)19-9-13(11(4)20)17(22)24-10(2)3/h6-10,19H,5H2,1-4H3. The lowest BCUT2D eigenvalue weighted by atomic mass is 10.2. The largest absolute Gasteiger partial charge is 0.462 e. The van der Waals surface area contributed by atoms with Gasteiger partial charge in [-0.2, -0.15) is 0 Å². The number of carbonyl (C=O) groups excluding carboxylic acids is 3. The van der Waals surface area contributed by atoms with Gasteiger partial charge in [0.2, 0.25) is 0 Å². The molecule has 0 aromatic heterocycles. The van der Waals surface area contributed by atoms with E-state index in [4.69, 9.17) is 21.1 Å². The molecule has 0 spiro atoms. The van der Waals surface area contributed by atoms with Gasteiger partial charge < -0.3 is 14.8 Å². The van der Waals surface area contributed by atoms with Crippen LogP contribution in [0.25, 0.3) is 0 Å². The van der Waals surface area contributed by atoms with Crippen molar-refractivity contribution in [3.63, 3.8) is 0 Å². The minimum atomic E-state index is -0.734. The van der Waals surface area contributed by atoms with Gasteiger partial charge in [-0.1, -0.05) is 17.7 Å². The van der Waals surface area contributed by atoms with Crippen LogP contribution in [0.4, 0.5) is 5.69 Å². The summed E-state index contributed by atoms with van der Waals surface area (Å²) < 4.78 is 9.93. The first kappa shape index (κ1) is 19.7. The van der Waals surface area contributed by atoms with Crippen LogP contribution in [0.3, 0.4) is 0 Å². The average molecular weight is 354 g/mol. The second-order valence-electron chi connectivity index (χ2n) is 5.10. The number of carbonyl (C=O) groups is 3. The van der Waals surface area contributed by atoms with Crippen molar-refractivity contribution in [1.82, 2.24) is 0 Å².